The van der Waals surface area contributed by atoms with Crippen molar-refractivity contribution in [1.82, 2.24) is 5.32 Å². The van der Waals surface area contributed by atoms with Crippen molar-refractivity contribution >= 4 is 18.1 Å². The summed E-state index contributed by atoms with van der Waals surface area (Å²) in [7, 11) is 0. The Labute approximate surface area is 156 Å². The van der Waals surface area contributed by atoms with E-state index in [0.717, 1.165) is 22.3 Å². The van der Waals surface area contributed by atoms with Crippen molar-refractivity contribution in [2.75, 3.05) is 6.61 Å². The monoisotopic (exact) mass is 359 g/mol. The van der Waals surface area contributed by atoms with Gasteiger partial charge in [0.05, 0.1) is 0 Å². The Bertz CT molecular complexity index is 925. The van der Waals surface area contributed by atoms with Crippen LogP contribution in [-0.2, 0) is 9.53 Å². The summed E-state index contributed by atoms with van der Waals surface area (Å²) < 4.78 is 5.37. The lowest BCUT2D eigenvalue weighted by Crippen LogP contribution is -2.42. The van der Waals surface area contributed by atoms with Gasteiger partial charge in [-0.15, -0.1) is 12.3 Å². The first-order chi connectivity index (χ1) is 13.2. The van der Waals surface area contributed by atoms with E-state index in [-0.39, 0.29) is 18.9 Å². The highest BCUT2D eigenvalue weighted by Gasteiger charge is 2.29. The second kappa shape index (κ2) is 8.13. The number of terminal acetylenes is 1. The predicted molar refractivity (Wildman–Crippen MR) is 100 cm³/mol. The minimum absolute atomic E-state index is 0.0327. The summed E-state index contributed by atoms with van der Waals surface area (Å²) >= 11 is 0. The maximum absolute atomic E-state index is 12.2. The lowest BCUT2D eigenvalue weighted by Gasteiger charge is -2.16. The summed E-state index contributed by atoms with van der Waals surface area (Å²) in [6, 6.07) is 15.0. The highest BCUT2D eigenvalue weighted by Crippen LogP contribution is 2.44. The molecule has 0 spiro atoms. The number of alkyl carbamates (subject to hydrolysis) is 1. The number of amides is 1. The molecule has 3 rings (SSSR count). The maximum Gasteiger partial charge on any atom is 0.407 e. The fraction of sp³-hybridized carbons (Fsp3) is 0.190. The molecule has 134 valence electrons. The van der Waals surface area contributed by atoms with Crippen molar-refractivity contribution in [2.45, 2.75) is 18.4 Å². The Morgan fingerprint density at radius 2 is 1.78 bits per heavy atom. The number of hydrogen-bond acceptors (Lipinski definition) is 3. The molecule has 0 fully saturated rings. The first-order valence-electron chi connectivity index (χ1n) is 8.42. The van der Waals surface area contributed by atoms with E-state index in [9.17, 15) is 9.59 Å². The summed E-state index contributed by atoms with van der Waals surface area (Å²) in [5.41, 5.74) is 12.9. The topological polar surface area (TPSA) is 91.8 Å². The molecule has 1 aliphatic rings. The smallest absolute Gasteiger partial charge is 0.407 e. The number of nitrogens with zero attached hydrogens (tertiary/aromatic N) is 2. The fourth-order valence-electron chi connectivity index (χ4n) is 3.27. The Morgan fingerprint density at radius 1 is 1.19 bits per heavy atom. The van der Waals surface area contributed by atoms with E-state index in [1.165, 1.54) is 0 Å². The molecule has 0 aliphatic heterocycles. The number of rotatable bonds is 6. The van der Waals surface area contributed by atoms with Crippen molar-refractivity contribution in [1.29, 1.82) is 0 Å². The number of carbonyl (C=O) groups excluding carboxylic acids is 2. The van der Waals surface area contributed by atoms with Gasteiger partial charge in [-0.05, 0) is 22.3 Å². The number of nitrogens with one attached hydrogen (secondary N) is 1. The molecule has 2 aromatic carbocycles. The van der Waals surface area contributed by atoms with E-state index >= 15 is 0 Å². The van der Waals surface area contributed by atoms with Crippen molar-refractivity contribution in [3.8, 4) is 23.5 Å². The van der Waals surface area contributed by atoms with E-state index in [0.29, 0.717) is 6.21 Å². The lowest BCUT2D eigenvalue weighted by atomic mass is 9.98. The SMILES string of the molecule is C#CC[C@H](NC(=O)OCC1c2ccccc2-c2ccccc21)C(=O)C=[N+]=[N-]. The van der Waals surface area contributed by atoms with Gasteiger partial charge in [-0.3, -0.25) is 4.79 Å². The molecule has 0 aromatic heterocycles. The molecule has 6 nitrogen and oxygen atoms in total. The molecule has 0 saturated heterocycles. The van der Waals surface area contributed by atoms with Crippen molar-refractivity contribution in [3.05, 3.63) is 65.2 Å². The molecule has 1 N–H and O–H groups in total. The molecule has 1 amide bonds. The van der Waals surface area contributed by atoms with Crippen LogP contribution in [0, 0.1) is 12.3 Å². The zero-order valence-corrected chi connectivity index (χ0v) is 14.5. The Kier molecular flexibility index (Phi) is 5.46. The minimum Gasteiger partial charge on any atom is -0.449 e. The number of carbonyl (C=O) groups is 2. The molecular formula is C21H17N3O3. The van der Waals surface area contributed by atoms with Crippen LogP contribution in [-0.4, -0.2) is 35.5 Å². The summed E-state index contributed by atoms with van der Waals surface area (Å²) in [5.74, 6) is 1.61. The highest BCUT2D eigenvalue weighted by molar-refractivity contribution is 6.28. The van der Waals surface area contributed by atoms with Gasteiger partial charge >= 0.3 is 12.3 Å². The average molecular weight is 359 g/mol. The number of ketones is 1. The molecule has 0 unspecified atom stereocenters. The molecule has 0 bridgehead atoms. The Balaban J connectivity index is 1.71. The normalized spacial score (nSPS) is 12.7. The first kappa shape index (κ1) is 18.1. The number of hydrogen-bond donors (Lipinski definition) is 1. The third-order valence-electron chi connectivity index (χ3n) is 4.49. The minimum atomic E-state index is -0.999. The van der Waals surface area contributed by atoms with Gasteiger partial charge in [0.1, 0.15) is 12.6 Å². The largest absolute Gasteiger partial charge is 0.449 e. The second-order valence-electron chi connectivity index (χ2n) is 6.08. The molecule has 0 radical (unpaired) electrons. The van der Waals surface area contributed by atoms with E-state index in [1.807, 2.05) is 48.5 Å². The van der Waals surface area contributed by atoms with Gasteiger partial charge in [-0.2, -0.15) is 4.79 Å². The predicted octanol–water partition coefficient (Wildman–Crippen LogP) is 2.79. The van der Waals surface area contributed by atoms with E-state index in [4.69, 9.17) is 16.7 Å². The van der Waals surface area contributed by atoms with Crippen LogP contribution in [0.15, 0.2) is 48.5 Å². The molecule has 0 heterocycles. The van der Waals surface area contributed by atoms with Crippen LogP contribution < -0.4 is 5.32 Å². The van der Waals surface area contributed by atoms with Gasteiger partial charge in [0, 0.05) is 12.3 Å². The first-order valence-corrected chi connectivity index (χ1v) is 8.42. The zero-order valence-electron chi connectivity index (χ0n) is 14.5. The lowest BCUT2D eigenvalue weighted by molar-refractivity contribution is -0.117. The second-order valence-corrected chi connectivity index (χ2v) is 6.08. The van der Waals surface area contributed by atoms with Crippen molar-refractivity contribution in [3.63, 3.8) is 0 Å². The number of benzene rings is 2. The van der Waals surface area contributed by atoms with Gasteiger partial charge in [-0.1, -0.05) is 48.5 Å². The average Bonchev–Trinajstić information content (AvgIpc) is 3.00. The van der Waals surface area contributed by atoms with Gasteiger partial charge < -0.3 is 15.6 Å². The zero-order chi connectivity index (χ0) is 19.2. The number of fused-ring (bicyclic) bond motifs is 3. The molecule has 27 heavy (non-hydrogen) atoms. The summed E-state index contributed by atoms with van der Waals surface area (Å²) in [4.78, 5) is 26.6. The van der Waals surface area contributed by atoms with E-state index in [2.05, 4.69) is 16.0 Å². The van der Waals surface area contributed by atoms with Crippen LogP contribution in [0.3, 0.4) is 0 Å². The van der Waals surface area contributed by atoms with E-state index < -0.39 is 17.9 Å². The van der Waals surface area contributed by atoms with E-state index in [1.54, 1.807) is 0 Å². The van der Waals surface area contributed by atoms with Crippen LogP contribution in [0.4, 0.5) is 4.79 Å². The van der Waals surface area contributed by atoms with Crippen molar-refractivity contribution in [2.24, 2.45) is 0 Å². The molecule has 2 aromatic rings. The third kappa shape index (κ3) is 3.79. The highest BCUT2D eigenvalue weighted by atomic mass is 16.5. The summed E-state index contributed by atoms with van der Waals surface area (Å²) in [5, 5.41) is 2.42. The van der Waals surface area contributed by atoms with Crippen molar-refractivity contribution < 1.29 is 19.1 Å². The quantitative estimate of drug-likeness (QED) is 0.372. The molecule has 1 aliphatic carbocycles. The van der Waals surface area contributed by atoms with Crippen LogP contribution in [0.1, 0.15) is 23.5 Å². The number of ether oxygens (including phenoxy) is 1. The summed E-state index contributed by atoms with van der Waals surface area (Å²) in [6.45, 7) is 0.130. The molecule has 6 heteroatoms. The summed E-state index contributed by atoms with van der Waals surface area (Å²) in [6.07, 6.45) is 5.13. The van der Waals surface area contributed by atoms with Crippen LogP contribution in [0.5, 0.6) is 0 Å². The Hall–Kier alpha value is -3.68. The fourth-order valence-corrected chi connectivity index (χ4v) is 3.27. The van der Waals surface area contributed by atoms with Crippen LogP contribution >= 0.6 is 0 Å². The molecule has 0 saturated carbocycles. The molecule has 1 atom stereocenters. The van der Waals surface area contributed by atoms with Gasteiger partial charge in [0.2, 0.25) is 0 Å². The van der Waals surface area contributed by atoms with Gasteiger partial charge in [-0.25, -0.2) is 4.79 Å². The van der Waals surface area contributed by atoms with Gasteiger partial charge in [0.25, 0.3) is 5.78 Å². The number of Topliss-reactive ketones (excluding diaryl/α,β-unsaturated/α-hetero) is 1. The van der Waals surface area contributed by atoms with Crippen LogP contribution in [0.2, 0.25) is 0 Å². The standard InChI is InChI=1S/C21H17N3O3/c1-2-7-19(20(25)12-23-22)24-21(26)27-13-18-16-10-5-3-8-14(16)15-9-4-6-11-17(15)18/h1,3-6,8-12,18-19H,7,13H2,(H,24,26)/t19-/m0/s1. The maximum atomic E-state index is 12.2. The van der Waals surface area contributed by atoms with Gasteiger partial charge in [0.15, 0.2) is 0 Å². The molecular weight excluding hydrogens is 342 g/mol. The Morgan fingerprint density at radius 3 is 2.33 bits per heavy atom. The third-order valence-corrected chi connectivity index (χ3v) is 4.49. The van der Waals surface area contributed by atoms with Crippen LogP contribution in [0.25, 0.3) is 16.7 Å².